The molecular weight excluding hydrogens is 250 g/mol. The van der Waals surface area contributed by atoms with Gasteiger partial charge >= 0.3 is 0 Å². The van der Waals surface area contributed by atoms with Gasteiger partial charge in [0.05, 0.1) is 6.61 Å². The van der Waals surface area contributed by atoms with Gasteiger partial charge in [0.1, 0.15) is 9.84 Å². The summed E-state index contributed by atoms with van der Waals surface area (Å²) in [6.45, 7) is 6.87. The summed E-state index contributed by atoms with van der Waals surface area (Å²) in [6.07, 6.45) is 5.18. The molecule has 4 nitrogen and oxygen atoms in total. The van der Waals surface area contributed by atoms with Crippen molar-refractivity contribution in [2.45, 2.75) is 39.5 Å². The molecule has 0 aliphatic heterocycles. The zero-order chi connectivity index (χ0) is 14.1. The Morgan fingerprint density at radius 2 is 1.83 bits per heavy atom. The van der Waals surface area contributed by atoms with Gasteiger partial charge in [-0.1, -0.05) is 13.8 Å². The van der Waals surface area contributed by atoms with Gasteiger partial charge in [-0.05, 0) is 31.1 Å². The highest BCUT2D eigenvalue weighted by atomic mass is 32.2. The van der Waals surface area contributed by atoms with Crippen LogP contribution in [-0.2, 0) is 14.6 Å². The second kappa shape index (κ2) is 8.88. The topological polar surface area (TPSA) is 55.4 Å². The monoisotopic (exact) mass is 279 g/mol. The van der Waals surface area contributed by atoms with E-state index < -0.39 is 9.84 Å². The quantitative estimate of drug-likeness (QED) is 0.587. The minimum absolute atomic E-state index is 0.221. The molecule has 0 saturated heterocycles. The van der Waals surface area contributed by atoms with Crippen LogP contribution in [-0.4, -0.2) is 47.2 Å². The van der Waals surface area contributed by atoms with Gasteiger partial charge in [-0.2, -0.15) is 0 Å². The van der Waals surface area contributed by atoms with Crippen LogP contribution in [0.1, 0.15) is 39.5 Å². The number of rotatable bonds is 11. The van der Waals surface area contributed by atoms with Crippen molar-refractivity contribution in [1.29, 1.82) is 0 Å². The van der Waals surface area contributed by atoms with E-state index in [-0.39, 0.29) is 5.41 Å². The van der Waals surface area contributed by atoms with Crippen LogP contribution in [0.2, 0.25) is 0 Å². The van der Waals surface area contributed by atoms with Crippen LogP contribution < -0.4 is 5.32 Å². The molecule has 0 radical (unpaired) electrons. The van der Waals surface area contributed by atoms with Crippen molar-refractivity contribution in [1.82, 2.24) is 5.32 Å². The maximum atomic E-state index is 11.2. The summed E-state index contributed by atoms with van der Waals surface area (Å²) in [4.78, 5) is 0. The van der Waals surface area contributed by atoms with Gasteiger partial charge in [-0.25, -0.2) is 8.42 Å². The molecule has 0 bridgehead atoms. The molecule has 0 aromatic carbocycles. The second-order valence-corrected chi connectivity index (χ2v) is 7.37. The third-order valence-electron chi connectivity index (χ3n) is 3.71. The van der Waals surface area contributed by atoms with Crippen molar-refractivity contribution in [3.05, 3.63) is 0 Å². The van der Waals surface area contributed by atoms with Gasteiger partial charge in [-0.3, -0.25) is 0 Å². The minimum atomic E-state index is -2.83. The fraction of sp³-hybridized carbons (Fsp3) is 1.00. The van der Waals surface area contributed by atoms with Crippen LogP contribution >= 0.6 is 0 Å². The van der Waals surface area contributed by atoms with Crippen LogP contribution in [0, 0.1) is 5.41 Å². The third-order valence-corrected chi connectivity index (χ3v) is 4.74. The van der Waals surface area contributed by atoms with E-state index in [2.05, 4.69) is 19.2 Å². The molecule has 0 saturated carbocycles. The maximum absolute atomic E-state index is 11.2. The van der Waals surface area contributed by atoms with E-state index in [1.807, 2.05) is 0 Å². The zero-order valence-electron chi connectivity index (χ0n) is 12.3. The first-order chi connectivity index (χ1) is 8.39. The fourth-order valence-electron chi connectivity index (χ4n) is 2.18. The molecule has 110 valence electrons. The zero-order valence-corrected chi connectivity index (χ0v) is 13.1. The highest BCUT2D eigenvalue weighted by Crippen LogP contribution is 2.31. The van der Waals surface area contributed by atoms with E-state index in [9.17, 15) is 8.42 Å². The summed E-state index contributed by atoms with van der Waals surface area (Å²) in [7, 11) is -1.14. The Kier molecular flexibility index (Phi) is 8.82. The first kappa shape index (κ1) is 17.9. The van der Waals surface area contributed by atoms with Gasteiger partial charge in [-0.15, -0.1) is 0 Å². The average molecular weight is 279 g/mol. The minimum Gasteiger partial charge on any atom is -0.383 e. The van der Waals surface area contributed by atoms with E-state index >= 15 is 0 Å². The van der Waals surface area contributed by atoms with Gasteiger partial charge in [0.25, 0.3) is 0 Å². The molecule has 0 atom stereocenters. The van der Waals surface area contributed by atoms with Crippen molar-refractivity contribution in [3.8, 4) is 0 Å². The largest absolute Gasteiger partial charge is 0.383 e. The third kappa shape index (κ3) is 8.06. The number of hydrogen-bond donors (Lipinski definition) is 1. The van der Waals surface area contributed by atoms with Crippen molar-refractivity contribution in [3.63, 3.8) is 0 Å². The smallest absolute Gasteiger partial charge is 0.147 e. The van der Waals surface area contributed by atoms with Crippen LogP contribution in [0.25, 0.3) is 0 Å². The SMILES string of the molecule is CCC(CC)(CCCS(C)(=O)=O)CNCCOC. The Bertz CT molecular complexity index is 297. The van der Waals surface area contributed by atoms with Crippen LogP contribution in [0.3, 0.4) is 0 Å². The summed E-state index contributed by atoms with van der Waals surface area (Å²) in [5, 5.41) is 3.40. The number of methoxy groups -OCH3 is 1. The number of sulfone groups is 1. The molecule has 0 aromatic rings. The lowest BCUT2D eigenvalue weighted by molar-refractivity contribution is 0.181. The van der Waals surface area contributed by atoms with E-state index in [0.29, 0.717) is 12.4 Å². The van der Waals surface area contributed by atoms with Gasteiger partial charge in [0.2, 0.25) is 0 Å². The molecule has 0 aliphatic rings. The Balaban J connectivity index is 4.16. The lowest BCUT2D eigenvalue weighted by atomic mass is 9.78. The number of hydrogen-bond acceptors (Lipinski definition) is 4. The summed E-state index contributed by atoms with van der Waals surface area (Å²) < 4.78 is 27.3. The van der Waals surface area contributed by atoms with Gasteiger partial charge < -0.3 is 10.1 Å². The molecule has 0 spiro atoms. The fourth-order valence-corrected chi connectivity index (χ4v) is 2.85. The molecule has 0 unspecified atom stereocenters. The Hall–Kier alpha value is -0.130. The number of ether oxygens (including phenoxy) is 1. The molecular formula is C13H29NO3S. The van der Waals surface area contributed by atoms with E-state index in [4.69, 9.17) is 4.74 Å². The van der Waals surface area contributed by atoms with Crippen molar-refractivity contribution in [2.75, 3.05) is 38.8 Å². The molecule has 0 heterocycles. The normalized spacial score (nSPS) is 12.9. The molecule has 18 heavy (non-hydrogen) atoms. The van der Waals surface area contributed by atoms with Crippen LogP contribution in [0.4, 0.5) is 0 Å². The molecule has 0 amide bonds. The Morgan fingerprint density at radius 3 is 2.28 bits per heavy atom. The lowest BCUT2D eigenvalue weighted by Gasteiger charge is -2.32. The van der Waals surface area contributed by atoms with Crippen molar-refractivity contribution < 1.29 is 13.2 Å². The van der Waals surface area contributed by atoms with Crippen LogP contribution in [0.15, 0.2) is 0 Å². The first-order valence-electron chi connectivity index (χ1n) is 6.76. The van der Waals surface area contributed by atoms with Gasteiger partial charge in [0.15, 0.2) is 0 Å². The predicted octanol–water partition coefficient (Wildman–Crippen LogP) is 1.85. The maximum Gasteiger partial charge on any atom is 0.147 e. The second-order valence-electron chi connectivity index (χ2n) is 5.11. The lowest BCUT2D eigenvalue weighted by Crippen LogP contribution is -2.35. The highest BCUT2D eigenvalue weighted by molar-refractivity contribution is 7.90. The molecule has 0 fully saturated rings. The van der Waals surface area contributed by atoms with Crippen molar-refractivity contribution in [2.24, 2.45) is 5.41 Å². The predicted molar refractivity (Wildman–Crippen MR) is 76.7 cm³/mol. The summed E-state index contributed by atoms with van der Waals surface area (Å²) >= 11 is 0. The first-order valence-corrected chi connectivity index (χ1v) is 8.82. The number of nitrogens with one attached hydrogen (secondary N) is 1. The van der Waals surface area contributed by atoms with Crippen molar-refractivity contribution >= 4 is 9.84 Å². The standard InChI is InChI=1S/C13H29NO3S/c1-5-13(6-2,12-14-9-10-17-3)8-7-11-18(4,15)16/h14H,5-12H2,1-4H3. The van der Waals surface area contributed by atoms with Crippen LogP contribution in [0.5, 0.6) is 0 Å². The molecule has 0 aromatic heterocycles. The average Bonchev–Trinajstić information content (AvgIpc) is 2.31. The van der Waals surface area contributed by atoms with E-state index in [0.717, 1.165) is 38.8 Å². The highest BCUT2D eigenvalue weighted by Gasteiger charge is 2.25. The summed E-state index contributed by atoms with van der Waals surface area (Å²) in [5.41, 5.74) is 0.221. The van der Waals surface area contributed by atoms with E-state index in [1.54, 1.807) is 7.11 Å². The summed E-state index contributed by atoms with van der Waals surface area (Å²) in [6, 6.07) is 0. The van der Waals surface area contributed by atoms with E-state index in [1.165, 1.54) is 6.26 Å². The Morgan fingerprint density at radius 1 is 1.22 bits per heavy atom. The van der Waals surface area contributed by atoms with Gasteiger partial charge in [0, 0.05) is 32.2 Å². The molecule has 0 aliphatic carbocycles. The summed E-state index contributed by atoms with van der Waals surface area (Å²) in [5.74, 6) is 0.298. The Labute approximate surface area is 112 Å². The molecule has 0 rings (SSSR count). The molecule has 5 heteroatoms. The molecule has 1 N–H and O–H groups in total.